The molecule has 0 saturated heterocycles. The fourth-order valence-electron chi connectivity index (χ4n) is 4.72. The number of alkyl halides is 1. The molecule has 4 aromatic carbocycles. The lowest BCUT2D eigenvalue weighted by molar-refractivity contribution is 0.592. The van der Waals surface area contributed by atoms with Gasteiger partial charge in [0.05, 0.1) is 0 Å². The molecule has 1 unspecified atom stereocenters. The van der Waals surface area contributed by atoms with Crippen LogP contribution in [0.1, 0.15) is 32.6 Å². The van der Waals surface area contributed by atoms with Gasteiger partial charge in [0, 0.05) is 20.7 Å². The highest BCUT2D eigenvalue weighted by atomic mass is 79.9. The summed E-state index contributed by atoms with van der Waals surface area (Å²) in [7, 11) is -3.02. The molecule has 0 N–H and O–H groups in total. The molecule has 4 aromatic rings. The normalized spacial score (nSPS) is 15.9. The molecular weight excluding hydrogens is 475 g/mol. The second-order valence-corrected chi connectivity index (χ2v) is 12.4. The lowest BCUT2D eigenvalue weighted by atomic mass is 9.94. The molecule has 0 aromatic heterocycles. The third-order valence-electron chi connectivity index (χ3n) is 6.54. The Morgan fingerprint density at radius 3 is 2.00 bits per heavy atom. The minimum Gasteiger partial charge on any atom is -0.309 e. The third-order valence-corrected chi connectivity index (χ3v) is 10.5. The zero-order valence-corrected chi connectivity index (χ0v) is 20.7. The average Bonchev–Trinajstić information content (AvgIpc) is 2.84. The number of halogens is 1. The molecule has 0 amide bonds. The number of hydrogen-bond donors (Lipinski definition) is 0. The number of benzene rings is 4. The van der Waals surface area contributed by atoms with Crippen LogP contribution in [0, 0.1) is 6.92 Å². The van der Waals surface area contributed by atoms with Crippen molar-refractivity contribution in [2.75, 3.05) is 0 Å². The lowest BCUT2D eigenvalue weighted by Gasteiger charge is -2.25. The minimum atomic E-state index is -3.02. The van der Waals surface area contributed by atoms with E-state index in [1.54, 1.807) is 0 Å². The number of aryl methyl sites for hydroxylation is 3. The van der Waals surface area contributed by atoms with Crippen molar-refractivity contribution in [1.29, 1.82) is 0 Å². The first-order valence-corrected chi connectivity index (χ1v) is 13.7. The van der Waals surface area contributed by atoms with Gasteiger partial charge in [0.2, 0.25) is 0 Å². The molecule has 160 valence electrons. The maximum absolute atomic E-state index is 15.1. The molecule has 4 aliphatic carbocycles. The predicted octanol–water partition coefficient (Wildman–Crippen LogP) is 6.41. The Hall–Kier alpha value is -2.41. The van der Waals surface area contributed by atoms with Crippen LogP contribution in [0.5, 0.6) is 0 Å². The van der Waals surface area contributed by atoms with Crippen LogP contribution < -0.4 is 15.9 Å². The summed E-state index contributed by atoms with van der Waals surface area (Å²) in [6, 6.07) is 33.5. The van der Waals surface area contributed by atoms with E-state index in [2.05, 4.69) is 59.3 Å². The molecule has 0 saturated carbocycles. The number of hydrogen-bond acceptors (Lipinski definition) is 1. The Kier molecular flexibility index (Phi) is 5.93. The zero-order chi connectivity index (χ0) is 22.1. The van der Waals surface area contributed by atoms with Gasteiger partial charge in [0.25, 0.3) is 0 Å². The first-order chi connectivity index (χ1) is 15.6. The van der Waals surface area contributed by atoms with E-state index in [-0.39, 0.29) is 4.83 Å². The predicted molar refractivity (Wildman–Crippen MR) is 140 cm³/mol. The smallest absolute Gasteiger partial charge is 0.171 e. The first kappa shape index (κ1) is 21.4. The summed E-state index contributed by atoms with van der Waals surface area (Å²) in [5.74, 6) is 0. The van der Waals surface area contributed by atoms with Crippen molar-refractivity contribution in [3.63, 3.8) is 0 Å². The summed E-state index contributed by atoms with van der Waals surface area (Å²) in [6.07, 6.45) is 2.71. The van der Waals surface area contributed by atoms with Crippen LogP contribution in [0.25, 0.3) is 0 Å². The fraction of sp³-hybridized carbons (Fsp3) is 0.172. The van der Waals surface area contributed by atoms with Gasteiger partial charge in [0.15, 0.2) is 7.14 Å². The average molecular weight is 501 g/mol. The van der Waals surface area contributed by atoms with Gasteiger partial charge in [-0.05, 0) is 60.1 Å². The molecule has 0 radical (unpaired) electrons. The summed E-state index contributed by atoms with van der Waals surface area (Å²) in [5.41, 5.74) is 6.39. The summed E-state index contributed by atoms with van der Waals surface area (Å²) in [5, 5.41) is 2.76. The van der Waals surface area contributed by atoms with E-state index in [4.69, 9.17) is 0 Å². The van der Waals surface area contributed by atoms with E-state index in [0.717, 1.165) is 35.2 Å². The molecule has 4 bridgehead atoms. The quantitative estimate of drug-likeness (QED) is 0.234. The van der Waals surface area contributed by atoms with Crippen LogP contribution in [0.15, 0.2) is 97.1 Å². The summed E-state index contributed by atoms with van der Waals surface area (Å²) < 4.78 is 15.1. The van der Waals surface area contributed by atoms with Crippen LogP contribution in [0.2, 0.25) is 0 Å². The maximum Gasteiger partial charge on any atom is 0.171 e. The molecule has 0 fully saturated rings. The molecule has 1 atom stereocenters. The van der Waals surface area contributed by atoms with Crippen molar-refractivity contribution < 1.29 is 4.57 Å². The maximum atomic E-state index is 15.1. The van der Waals surface area contributed by atoms with Gasteiger partial charge < -0.3 is 4.57 Å². The molecular formula is C29H26BrOP. The molecule has 0 heterocycles. The second kappa shape index (κ2) is 8.85. The van der Waals surface area contributed by atoms with Crippen molar-refractivity contribution in [2.45, 2.75) is 31.0 Å². The third kappa shape index (κ3) is 3.91. The van der Waals surface area contributed by atoms with E-state index in [0.29, 0.717) is 0 Å². The van der Waals surface area contributed by atoms with Gasteiger partial charge >= 0.3 is 0 Å². The highest BCUT2D eigenvalue weighted by molar-refractivity contribution is 9.09. The Bertz CT molecular complexity index is 1250. The second-order valence-electron chi connectivity index (χ2n) is 8.60. The Labute approximate surface area is 199 Å². The fourth-order valence-corrected chi connectivity index (χ4v) is 8.31. The van der Waals surface area contributed by atoms with E-state index in [9.17, 15) is 0 Å². The Morgan fingerprint density at radius 2 is 1.38 bits per heavy atom. The zero-order valence-electron chi connectivity index (χ0n) is 18.2. The van der Waals surface area contributed by atoms with E-state index in [1.807, 2.05) is 60.7 Å². The molecule has 0 aliphatic heterocycles. The SMILES string of the molecule is Cc1cc2ccc1CC(Br)c1ccc(c(P(=O)(c3ccccc3)c3ccccc3)c1)CC2. The van der Waals surface area contributed by atoms with Crippen molar-refractivity contribution in [3.8, 4) is 0 Å². The van der Waals surface area contributed by atoms with Gasteiger partial charge in [-0.1, -0.05) is 107 Å². The molecule has 32 heavy (non-hydrogen) atoms. The van der Waals surface area contributed by atoms with Gasteiger partial charge in [-0.25, -0.2) is 0 Å². The van der Waals surface area contributed by atoms with Gasteiger partial charge in [-0.3, -0.25) is 0 Å². The summed E-state index contributed by atoms with van der Waals surface area (Å²) in [6.45, 7) is 2.20. The lowest BCUT2D eigenvalue weighted by Crippen LogP contribution is -2.28. The minimum absolute atomic E-state index is 0.166. The van der Waals surface area contributed by atoms with Crippen molar-refractivity contribution in [1.82, 2.24) is 0 Å². The monoisotopic (exact) mass is 500 g/mol. The van der Waals surface area contributed by atoms with E-state index in [1.165, 1.54) is 27.8 Å². The molecule has 1 nitrogen and oxygen atoms in total. The van der Waals surface area contributed by atoms with Gasteiger partial charge in [-0.2, -0.15) is 0 Å². The van der Waals surface area contributed by atoms with Gasteiger partial charge in [0.1, 0.15) is 0 Å². The largest absolute Gasteiger partial charge is 0.309 e. The van der Waals surface area contributed by atoms with E-state index < -0.39 is 7.14 Å². The Morgan fingerprint density at radius 1 is 0.750 bits per heavy atom. The first-order valence-electron chi connectivity index (χ1n) is 11.1. The molecule has 0 spiro atoms. The molecule has 4 aliphatic rings. The van der Waals surface area contributed by atoms with Crippen molar-refractivity contribution in [3.05, 3.63) is 125 Å². The highest BCUT2D eigenvalue weighted by Crippen LogP contribution is 2.44. The van der Waals surface area contributed by atoms with Crippen molar-refractivity contribution >= 4 is 39.0 Å². The van der Waals surface area contributed by atoms with Crippen LogP contribution in [-0.4, -0.2) is 0 Å². The Balaban J connectivity index is 1.74. The van der Waals surface area contributed by atoms with Crippen molar-refractivity contribution in [2.24, 2.45) is 0 Å². The molecule has 8 rings (SSSR count). The standard InChI is InChI=1S/C29H26BrOP/c1-21-18-22-12-14-23-16-17-25(28(30)19-24(21)15-13-22)20-29(23)32(31,26-8-4-2-5-9-26)27-10-6-3-7-11-27/h2-11,13,15-18,20,28H,12,14,19H2,1H3. The summed E-state index contributed by atoms with van der Waals surface area (Å²) in [4.78, 5) is 0.166. The topological polar surface area (TPSA) is 17.1 Å². The van der Waals surface area contributed by atoms with Crippen LogP contribution in [0.3, 0.4) is 0 Å². The molecule has 3 heteroatoms. The van der Waals surface area contributed by atoms with E-state index >= 15 is 4.57 Å². The van der Waals surface area contributed by atoms with Crippen LogP contribution in [-0.2, 0) is 23.8 Å². The summed E-state index contributed by atoms with van der Waals surface area (Å²) >= 11 is 3.94. The highest BCUT2D eigenvalue weighted by Gasteiger charge is 2.32. The van der Waals surface area contributed by atoms with Gasteiger partial charge in [-0.15, -0.1) is 0 Å². The van der Waals surface area contributed by atoms with Crippen LogP contribution >= 0.6 is 23.1 Å². The number of rotatable bonds is 3. The van der Waals surface area contributed by atoms with Crippen LogP contribution in [0.4, 0.5) is 0 Å².